The molecule has 0 radical (unpaired) electrons. The molecule has 5 heteroatoms. The highest BCUT2D eigenvalue weighted by molar-refractivity contribution is 5.97. The lowest BCUT2D eigenvalue weighted by atomic mass is 10.1. The summed E-state index contributed by atoms with van der Waals surface area (Å²) >= 11 is 0. The van der Waals surface area contributed by atoms with E-state index in [0.717, 1.165) is 5.56 Å². The molecule has 1 heterocycles. The maximum Gasteiger partial charge on any atom is 0.354 e. The number of nitrogens with one attached hydrogen (secondary N) is 1. The molecule has 1 aromatic carbocycles. The van der Waals surface area contributed by atoms with Gasteiger partial charge in [0.05, 0.1) is 5.56 Å². The van der Waals surface area contributed by atoms with E-state index in [2.05, 4.69) is 10.2 Å². The number of rotatable bonds is 2. The quantitative estimate of drug-likeness (QED) is 0.687. The first-order valence-electron chi connectivity index (χ1n) is 4.32. The fourth-order valence-electron chi connectivity index (χ4n) is 1.41. The van der Waals surface area contributed by atoms with E-state index in [1.165, 1.54) is 0 Å². The van der Waals surface area contributed by atoms with Crippen molar-refractivity contribution in [3.63, 3.8) is 0 Å². The topological polar surface area (TPSA) is 92.0 Å². The summed E-state index contributed by atoms with van der Waals surface area (Å²) in [5, 5.41) is 15.0. The van der Waals surface area contributed by atoms with Crippen LogP contribution >= 0.6 is 0 Å². The van der Waals surface area contributed by atoms with Crippen LogP contribution < -0.4 is 5.73 Å². The van der Waals surface area contributed by atoms with Crippen LogP contribution in [0.25, 0.3) is 11.1 Å². The third-order valence-electron chi connectivity index (χ3n) is 2.07. The molecule has 2 aromatic rings. The summed E-state index contributed by atoms with van der Waals surface area (Å²) in [7, 11) is 0. The van der Waals surface area contributed by atoms with Gasteiger partial charge in [-0.15, -0.1) is 0 Å². The SMILES string of the molecule is Nc1n[nH]c(C(=O)O)c1-c1ccccc1. The Morgan fingerprint density at radius 3 is 2.60 bits per heavy atom. The molecule has 5 nitrogen and oxygen atoms in total. The monoisotopic (exact) mass is 203 g/mol. The van der Waals surface area contributed by atoms with Gasteiger partial charge in [-0.2, -0.15) is 5.10 Å². The zero-order valence-corrected chi connectivity index (χ0v) is 7.77. The molecule has 0 fully saturated rings. The number of benzene rings is 1. The standard InChI is InChI=1S/C10H9N3O2/c11-9-7(6-4-2-1-3-5-6)8(10(14)15)12-13-9/h1-5H,(H,14,15)(H3,11,12,13). The van der Waals surface area contributed by atoms with Crippen molar-refractivity contribution >= 4 is 11.8 Å². The lowest BCUT2D eigenvalue weighted by Gasteiger charge is -2.00. The molecule has 0 saturated carbocycles. The van der Waals surface area contributed by atoms with Gasteiger partial charge in [-0.1, -0.05) is 30.3 Å². The largest absolute Gasteiger partial charge is 0.477 e. The zero-order valence-electron chi connectivity index (χ0n) is 7.77. The first-order valence-corrected chi connectivity index (χ1v) is 4.32. The minimum atomic E-state index is -1.07. The van der Waals surface area contributed by atoms with Gasteiger partial charge in [0.1, 0.15) is 0 Å². The summed E-state index contributed by atoms with van der Waals surface area (Å²) in [6, 6.07) is 9.04. The predicted octanol–water partition coefficient (Wildman–Crippen LogP) is 1.36. The molecular weight excluding hydrogens is 194 g/mol. The van der Waals surface area contributed by atoms with Crippen molar-refractivity contribution in [1.29, 1.82) is 0 Å². The molecule has 15 heavy (non-hydrogen) atoms. The van der Waals surface area contributed by atoms with Gasteiger partial charge in [-0.05, 0) is 5.56 Å². The second-order valence-electron chi connectivity index (χ2n) is 3.03. The molecule has 0 aliphatic carbocycles. The maximum absolute atomic E-state index is 10.9. The van der Waals surface area contributed by atoms with Crippen LogP contribution in [-0.4, -0.2) is 21.3 Å². The Balaban J connectivity index is 2.62. The number of nitrogens with zero attached hydrogens (tertiary/aromatic N) is 1. The molecule has 0 atom stereocenters. The van der Waals surface area contributed by atoms with E-state index in [9.17, 15) is 4.79 Å². The number of carboxylic acids is 1. The number of carbonyl (C=O) groups is 1. The molecule has 0 saturated heterocycles. The first-order chi connectivity index (χ1) is 7.20. The van der Waals surface area contributed by atoms with E-state index < -0.39 is 5.97 Å². The van der Waals surface area contributed by atoms with Crippen LogP contribution in [0.5, 0.6) is 0 Å². The summed E-state index contributed by atoms with van der Waals surface area (Å²) in [5.74, 6) is -0.878. The van der Waals surface area contributed by atoms with E-state index in [-0.39, 0.29) is 11.5 Å². The van der Waals surface area contributed by atoms with Gasteiger partial charge in [0.25, 0.3) is 0 Å². The van der Waals surface area contributed by atoms with E-state index in [1.54, 1.807) is 12.1 Å². The molecule has 4 N–H and O–H groups in total. The highest BCUT2D eigenvalue weighted by Gasteiger charge is 2.17. The van der Waals surface area contributed by atoms with E-state index in [4.69, 9.17) is 10.8 Å². The molecule has 0 bridgehead atoms. The van der Waals surface area contributed by atoms with Crippen molar-refractivity contribution in [2.24, 2.45) is 0 Å². The summed E-state index contributed by atoms with van der Waals surface area (Å²) in [5.41, 5.74) is 6.79. The molecule has 0 spiro atoms. The number of carboxylic acid groups (broad SMARTS) is 1. The van der Waals surface area contributed by atoms with Crippen LogP contribution in [0.1, 0.15) is 10.5 Å². The number of H-pyrrole nitrogens is 1. The normalized spacial score (nSPS) is 10.1. The van der Waals surface area contributed by atoms with Gasteiger partial charge in [0.15, 0.2) is 11.5 Å². The molecule has 0 aliphatic rings. The molecule has 76 valence electrons. The van der Waals surface area contributed by atoms with Gasteiger partial charge in [-0.25, -0.2) is 4.79 Å². The molecule has 1 aromatic heterocycles. The molecule has 0 unspecified atom stereocenters. The second kappa shape index (κ2) is 3.45. The van der Waals surface area contributed by atoms with Gasteiger partial charge in [-0.3, -0.25) is 5.10 Å². The molecular formula is C10H9N3O2. The number of aromatic amines is 1. The summed E-state index contributed by atoms with van der Waals surface area (Å²) < 4.78 is 0. The minimum Gasteiger partial charge on any atom is -0.477 e. The van der Waals surface area contributed by atoms with Crippen molar-refractivity contribution in [3.8, 4) is 11.1 Å². The Hall–Kier alpha value is -2.30. The molecule has 0 amide bonds. The second-order valence-corrected chi connectivity index (χ2v) is 3.03. The van der Waals surface area contributed by atoms with Gasteiger partial charge >= 0.3 is 5.97 Å². The number of nitrogen functional groups attached to an aromatic ring is 1. The van der Waals surface area contributed by atoms with Gasteiger partial charge in [0, 0.05) is 0 Å². The van der Waals surface area contributed by atoms with Crippen molar-refractivity contribution < 1.29 is 9.90 Å². The Labute approximate surface area is 85.5 Å². The zero-order chi connectivity index (χ0) is 10.8. The van der Waals surface area contributed by atoms with Crippen LogP contribution in [-0.2, 0) is 0 Å². The number of hydrogen-bond donors (Lipinski definition) is 3. The van der Waals surface area contributed by atoms with Gasteiger partial charge in [0.2, 0.25) is 0 Å². The van der Waals surface area contributed by atoms with Crippen molar-refractivity contribution in [1.82, 2.24) is 10.2 Å². The summed E-state index contributed by atoms with van der Waals surface area (Å²) in [4.78, 5) is 10.9. The smallest absolute Gasteiger partial charge is 0.354 e. The predicted molar refractivity (Wildman–Crippen MR) is 55.4 cm³/mol. The molecule has 0 aliphatic heterocycles. The summed E-state index contributed by atoms with van der Waals surface area (Å²) in [6.45, 7) is 0. The maximum atomic E-state index is 10.9. The van der Waals surface area contributed by atoms with Crippen LogP contribution in [0.15, 0.2) is 30.3 Å². The van der Waals surface area contributed by atoms with Crippen molar-refractivity contribution in [3.05, 3.63) is 36.0 Å². The Kier molecular flexibility index (Phi) is 2.13. The highest BCUT2D eigenvalue weighted by Crippen LogP contribution is 2.27. The molecule has 2 rings (SSSR count). The Bertz CT molecular complexity index is 491. The van der Waals surface area contributed by atoms with E-state index in [0.29, 0.717) is 5.56 Å². The third-order valence-corrected chi connectivity index (χ3v) is 2.07. The van der Waals surface area contributed by atoms with Crippen molar-refractivity contribution in [2.75, 3.05) is 5.73 Å². The number of aromatic nitrogens is 2. The van der Waals surface area contributed by atoms with Crippen molar-refractivity contribution in [2.45, 2.75) is 0 Å². The van der Waals surface area contributed by atoms with Gasteiger partial charge < -0.3 is 10.8 Å². The first kappa shape index (κ1) is 9.26. The number of aromatic carboxylic acids is 1. The van der Waals surface area contributed by atoms with Crippen LogP contribution in [0.3, 0.4) is 0 Å². The highest BCUT2D eigenvalue weighted by atomic mass is 16.4. The lowest BCUT2D eigenvalue weighted by molar-refractivity contribution is 0.0691. The van der Waals surface area contributed by atoms with E-state index >= 15 is 0 Å². The lowest BCUT2D eigenvalue weighted by Crippen LogP contribution is -1.99. The third kappa shape index (κ3) is 1.54. The van der Waals surface area contributed by atoms with E-state index in [1.807, 2.05) is 18.2 Å². The minimum absolute atomic E-state index is 0.0127. The Morgan fingerprint density at radius 1 is 1.33 bits per heavy atom. The van der Waals surface area contributed by atoms with Crippen LogP contribution in [0.4, 0.5) is 5.82 Å². The van der Waals surface area contributed by atoms with Crippen LogP contribution in [0, 0.1) is 0 Å². The average Bonchev–Trinajstić information content (AvgIpc) is 2.61. The number of nitrogens with two attached hydrogens (primary N) is 1. The number of anilines is 1. The fourth-order valence-corrected chi connectivity index (χ4v) is 1.41. The number of hydrogen-bond acceptors (Lipinski definition) is 3. The Morgan fingerprint density at radius 2 is 2.00 bits per heavy atom. The average molecular weight is 203 g/mol. The fraction of sp³-hybridized carbons (Fsp3) is 0. The van der Waals surface area contributed by atoms with Crippen LogP contribution in [0.2, 0.25) is 0 Å². The summed E-state index contributed by atoms with van der Waals surface area (Å²) in [6.07, 6.45) is 0.